The van der Waals surface area contributed by atoms with Gasteiger partial charge in [0.15, 0.2) is 6.10 Å². The molecule has 6 heteroatoms. The summed E-state index contributed by atoms with van der Waals surface area (Å²) < 4.78 is 16.9. The van der Waals surface area contributed by atoms with Crippen LogP contribution in [0.15, 0.2) is 134 Å². The molecule has 82 heavy (non-hydrogen) atoms. The molecule has 466 valence electrons. The Hall–Kier alpha value is -4.45. The van der Waals surface area contributed by atoms with Crippen LogP contribution in [0.5, 0.6) is 0 Å². The maximum Gasteiger partial charge on any atom is 0.306 e. The van der Waals surface area contributed by atoms with Crippen molar-refractivity contribution in [3.8, 4) is 0 Å². The van der Waals surface area contributed by atoms with E-state index in [0.717, 1.165) is 148 Å². The van der Waals surface area contributed by atoms with Crippen molar-refractivity contribution in [2.75, 3.05) is 13.2 Å². The van der Waals surface area contributed by atoms with Gasteiger partial charge in [-0.05, 0) is 122 Å². The Bertz CT molecular complexity index is 1730. The van der Waals surface area contributed by atoms with Gasteiger partial charge in [-0.25, -0.2) is 0 Å². The van der Waals surface area contributed by atoms with Crippen molar-refractivity contribution >= 4 is 17.9 Å². The number of allylic oxidation sites excluding steroid dienone is 22. The summed E-state index contributed by atoms with van der Waals surface area (Å²) in [4.78, 5) is 38.4. The first-order valence-corrected chi connectivity index (χ1v) is 34.2. The molecule has 0 saturated carbocycles. The lowest BCUT2D eigenvalue weighted by molar-refractivity contribution is -0.167. The van der Waals surface area contributed by atoms with Gasteiger partial charge in [-0.3, -0.25) is 14.4 Å². The molecule has 0 heterocycles. The molecule has 0 aliphatic rings. The van der Waals surface area contributed by atoms with E-state index in [1.54, 1.807) is 0 Å². The van der Waals surface area contributed by atoms with Gasteiger partial charge in [0.05, 0.1) is 0 Å². The summed E-state index contributed by atoms with van der Waals surface area (Å²) in [6, 6.07) is 0. The van der Waals surface area contributed by atoms with Gasteiger partial charge >= 0.3 is 17.9 Å². The number of carbonyl (C=O) groups is 3. The third kappa shape index (κ3) is 66.4. The van der Waals surface area contributed by atoms with Gasteiger partial charge in [-0.1, -0.05) is 302 Å². The average molecular weight is 1140 g/mol. The maximum atomic E-state index is 12.9. The van der Waals surface area contributed by atoms with Crippen LogP contribution >= 0.6 is 0 Å². The quantitative estimate of drug-likeness (QED) is 0.0261. The van der Waals surface area contributed by atoms with E-state index < -0.39 is 6.10 Å². The van der Waals surface area contributed by atoms with Crippen LogP contribution < -0.4 is 0 Å². The zero-order valence-corrected chi connectivity index (χ0v) is 53.5. The second-order valence-electron chi connectivity index (χ2n) is 22.4. The summed E-state index contributed by atoms with van der Waals surface area (Å²) in [5.41, 5.74) is 0. The lowest BCUT2D eigenvalue weighted by Gasteiger charge is -2.18. The van der Waals surface area contributed by atoms with Crippen molar-refractivity contribution in [2.45, 2.75) is 316 Å². The van der Waals surface area contributed by atoms with Gasteiger partial charge in [-0.2, -0.15) is 0 Å². The van der Waals surface area contributed by atoms with Crippen LogP contribution in [0.3, 0.4) is 0 Å². The average Bonchev–Trinajstić information content (AvgIpc) is 3.47. The van der Waals surface area contributed by atoms with Crippen molar-refractivity contribution < 1.29 is 28.6 Å². The third-order valence-electron chi connectivity index (χ3n) is 14.4. The van der Waals surface area contributed by atoms with E-state index >= 15 is 0 Å². The van der Waals surface area contributed by atoms with E-state index in [4.69, 9.17) is 14.2 Å². The molecule has 0 saturated heterocycles. The van der Waals surface area contributed by atoms with Crippen molar-refractivity contribution in [2.24, 2.45) is 0 Å². The minimum atomic E-state index is -0.794. The van der Waals surface area contributed by atoms with Crippen LogP contribution in [0, 0.1) is 0 Å². The molecular weight excluding hydrogens is 1010 g/mol. The highest BCUT2D eigenvalue weighted by atomic mass is 16.6. The van der Waals surface area contributed by atoms with Gasteiger partial charge in [0.25, 0.3) is 0 Å². The smallest absolute Gasteiger partial charge is 0.306 e. The molecule has 0 N–H and O–H groups in total. The van der Waals surface area contributed by atoms with Crippen molar-refractivity contribution in [3.05, 3.63) is 134 Å². The Morgan fingerprint density at radius 2 is 0.476 bits per heavy atom. The molecule has 1 unspecified atom stereocenters. The molecule has 1 atom stereocenters. The van der Waals surface area contributed by atoms with Gasteiger partial charge in [0, 0.05) is 19.3 Å². The monoisotopic (exact) mass is 1130 g/mol. The summed E-state index contributed by atoms with van der Waals surface area (Å²) >= 11 is 0. The standard InChI is InChI=1S/C76H126O6/c1-4-7-10-13-16-19-22-25-27-29-31-32-33-34-35-36-37-38-39-40-41-42-43-44-45-47-48-51-54-57-60-63-66-69-75(78)81-72-73(71-80-74(77)68-65-62-59-56-53-50-24-21-18-15-12-9-6-3)82-76(79)70-67-64-61-58-55-52-49-46-30-28-26-23-20-17-14-11-8-5-2/h7,10,16,19-20,23,25,27-28,30-32,34-35,37-38,40-41,43-44,47-48,73H,4-6,8-9,11-15,17-18,21-22,24,26,29,33,36,39,42,45-46,49-72H2,1-3H3/b10-7-,19-16-,23-20-,27-25-,30-28-,32-31-,35-34-,38-37-,41-40-,44-43-,48-47-. The predicted octanol–water partition coefficient (Wildman–Crippen LogP) is 23.7. The number of rotatable bonds is 61. The molecule has 0 spiro atoms. The number of ether oxygens (including phenoxy) is 3. The molecule has 0 aromatic heterocycles. The molecule has 0 aromatic rings. The highest BCUT2D eigenvalue weighted by Crippen LogP contribution is 2.16. The number of hydrogen-bond acceptors (Lipinski definition) is 6. The lowest BCUT2D eigenvalue weighted by atomic mass is 10.0. The van der Waals surface area contributed by atoms with Crippen molar-refractivity contribution in [1.29, 1.82) is 0 Å². The molecule has 0 aliphatic heterocycles. The van der Waals surface area contributed by atoms with Crippen LogP contribution in [0.4, 0.5) is 0 Å². The van der Waals surface area contributed by atoms with E-state index in [1.165, 1.54) is 122 Å². The van der Waals surface area contributed by atoms with E-state index in [9.17, 15) is 14.4 Å². The van der Waals surface area contributed by atoms with Crippen LogP contribution in [0.25, 0.3) is 0 Å². The zero-order valence-electron chi connectivity index (χ0n) is 53.5. The Labute approximate surface area is 506 Å². The number of hydrogen-bond donors (Lipinski definition) is 0. The third-order valence-corrected chi connectivity index (χ3v) is 14.4. The van der Waals surface area contributed by atoms with Crippen LogP contribution in [-0.2, 0) is 28.6 Å². The summed E-state index contributed by atoms with van der Waals surface area (Å²) in [6.07, 6.45) is 97.5. The van der Waals surface area contributed by atoms with Crippen LogP contribution in [0.2, 0.25) is 0 Å². The lowest BCUT2D eigenvalue weighted by Crippen LogP contribution is -2.30. The molecule has 0 amide bonds. The number of carbonyl (C=O) groups excluding carboxylic acids is 3. The first kappa shape index (κ1) is 77.5. The minimum Gasteiger partial charge on any atom is -0.462 e. The Balaban J connectivity index is 4.34. The molecule has 0 aliphatic carbocycles. The SMILES string of the molecule is CC/C=C\C/C=C\C/C=C\C/C=C\C/C=C\C/C=C\C/C=C\C/C=C\C/C=C\CCCCCCCC(=O)OCC(COC(=O)CCCCCCCCCCCCCCC)OC(=O)CCCCCCCCC/C=C\C/C=C\CCCCCC. The predicted molar refractivity (Wildman–Crippen MR) is 357 cm³/mol. The second-order valence-corrected chi connectivity index (χ2v) is 22.4. The summed E-state index contributed by atoms with van der Waals surface area (Å²) in [7, 11) is 0. The summed E-state index contributed by atoms with van der Waals surface area (Å²) in [5.74, 6) is -0.909. The van der Waals surface area contributed by atoms with E-state index in [0.29, 0.717) is 19.3 Å². The fraction of sp³-hybridized carbons (Fsp3) is 0.671. The van der Waals surface area contributed by atoms with Crippen molar-refractivity contribution in [3.63, 3.8) is 0 Å². The molecular formula is C76H126O6. The van der Waals surface area contributed by atoms with E-state index in [1.807, 2.05) is 0 Å². The van der Waals surface area contributed by atoms with Gasteiger partial charge in [0.2, 0.25) is 0 Å². The van der Waals surface area contributed by atoms with Gasteiger partial charge in [0.1, 0.15) is 13.2 Å². The Kier molecular flexibility index (Phi) is 65.3. The largest absolute Gasteiger partial charge is 0.462 e. The summed E-state index contributed by atoms with van der Waals surface area (Å²) in [6.45, 7) is 6.50. The maximum absolute atomic E-state index is 12.9. The second kappa shape index (κ2) is 69.0. The van der Waals surface area contributed by atoms with Crippen LogP contribution in [0.1, 0.15) is 310 Å². The fourth-order valence-corrected chi connectivity index (χ4v) is 9.29. The van der Waals surface area contributed by atoms with Gasteiger partial charge < -0.3 is 14.2 Å². The first-order chi connectivity index (χ1) is 40.5. The molecule has 0 rings (SSSR count). The number of unbranched alkanes of at least 4 members (excludes halogenated alkanes) is 28. The first-order valence-electron chi connectivity index (χ1n) is 34.2. The Morgan fingerprint density at radius 1 is 0.256 bits per heavy atom. The number of esters is 3. The normalized spacial score (nSPS) is 13.0. The van der Waals surface area contributed by atoms with E-state index in [2.05, 4.69) is 154 Å². The highest BCUT2D eigenvalue weighted by Gasteiger charge is 2.19. The van der Waals surface area contributed by atoms with Crippen molar-refractivity contribution in [1.82, 2.24) is 0 Å². The molecule has 0 radical (unpaired) electrons. The van der Waals surface area contributed by atoms with E-state index in [-0.39, 0.29) is 31.1 Å². The zero-order chi connectivity index (χ0) is 59.2. The summed E-state index contributed by atoms with van der Waals surface area (Å²) in [5, 5.41) is 0. The molecule has 0 fully saturated rings. The highest BCUT2D eigenvalue weighted by molar-refractivity contribution is 5.71. The molecule has 6 nitrogen and oxygen atoms in total. The Morgan fingerprint density at radius 3 is 0.756 bits per heavy atom. The minimum absolute atomic E-state index is 0.0876. The fourth-order valence-electron chi connectivity index (χ4n) is 9.29. The topological polar surface area (TPSA) is 78.9 Å². The van der Waals surface area contributed by atoms with Gasteiger partial charge in [-0.15, -0.1) is 0 Å². The molecule has 0 bridgehead atoms. The molecule has 0 aromatic carbocycles. The van der Waals surface area contributed by atoms with Crippen LogP contribution in [-0.4, -0.2) is 37.2 Å².